The van der Waals surface area contributed by atoms with Gasteiger partial charge in [-0.2, -0.15) is 0 Å². The quantitative estimate of drug-likeness (QED) is 0.685. The average Bonchev–Trinajstić information content (AvgIpc) is 2.95. The zero-order chi connectivity index (χ0) is 11.5. The molecule has 0 saturated heterocycles. The molecule has 0 aliphatic heterocycles. The number of hydrogen-bond donors (Lipinski definition) is 1. The highest BCUT2D eigenvalue weighted by atomic mass is 32.2. The van der Waals surface area contributed by atoms with Crippen molar-refractivity contribution in [1.82, 2.24) is 4.90 Å². The largest absolute Gasteiger partial charge is 0.329 e. The standard InChI is InChI=1S/C10H22N2O2S/c1-9(2)15(13,14)8-7-12(6-5-11)10-3-4-10/h9-10H,3-8,11H2,1-2H3. The summed E-state index contributed by atoms with van der Waals surface area (Å²) in [4.78, 5) is 2.21. The first kappa shape index (κ1) is 12.9. The van der Waals surface area contributed by atoms with Crippen molar-refractivity contribution in [2.75, 3.05) is 25.4 Å². The van der Waals surface area contributed by atoms with Gasteiger partial charge in [-0.15, -0.1) is 0 Å². The molecule has 90 valence electrons. The smallest absolute Gasteiger partial charge is 0.153 e. The van der Waals surface area contributed by atoms with E-state index in [2.05, 4.69) is 4.90 Å². The molecule has 0 aromatic heterocycles. The van der Waals surface area contributed by atoms with E-state index in [1.54, 1.807) is 13.8 Å². The third-order valence-corrected chi connectivity index (χ3v) is 5.05. The summed E-state index contributed by atoms with van der Waals surface area (Å²) in [5.74, 6) is 0.265. The maximum Gasteiger partial charge on any atom is 0.153 e. The first-order chi connectivity index (χ1) is 6.97. The number of rotatable bonds is 7. The van der Waals surface area contributed by atoms with Crippen molar-refractivity contribution in [2.45, 2.75) is 38.0 Å². The lowest BCUT2D eigenvalue weighted by Crippen LogP contribution is -2.36. The fraction of sp³-hybridized carbons (Fsp3) is 1.00. The molecule has 1 fully saturated rings. The van der Waals surface area contributed by atoms with Crippen molar-refractivity contribution in [3.8, 4) is 0 Å². The fourth-order valence-corrected chi connectivity index (χ4v) is 2.52. The Balaban J connectivity index is 2.39. The minimum Gasteiger partial charge on any atom is -0.329 e. The van der Waals surface area contributed by atoms with Crippen LogP contribution in [0, 0.1) is 0 Å². The molecule has 15 heavy (non-hydrogen) atoms. The van der Waals surface area contributed by atoms with Crippen LogP contribution in [-0.4, -0.2) is 50.0 Å². The number of sulfone groups is 1. The molecule has 0 unspecified atom stereocenters. The Hall–Kier alpha value is -0.130. The summed E-state index contributed by atoms with van der Waals surface area (Å²) in [6.45, 7) is 5.54. The van der Waals surface area contributed by atoms with Gasteiger partial charge in [-0.3, -0.25) is 4.90 Å². The molecule has 1 aliphatic carbocycles. The SMILES string of the molecule is CC(C)S(=O)(=O)CCN(CCN)C1CC1. The highest BCUT2D eigenvalue weighted by molar-refractivity contribution is 7.92. The summed E-state index contributed by atoms with van der Waals surface area (Å²) in [7, 11) is -2.90. The summed E-state index contributed by atoms with van der Waals surface area (Å²) >= 11 is 0. The highest BCUT2D eigenvalue weighted by Crippen LogP contribution is 2.26. The lowest BCUT2D eigenvalue weighted by molar-refractivity contribution is 0.286. The predicted molar refractivity (Wildman–Crippen MR) is 62.6 cm³/mol. The molecule has 1 saturated carbocycles. The molecule has 0 aromatic carbocycles. The molecule has 4 nitrogen and oxygen atoms in total. The summed E-state index contributed by atoms with van der Waals surface area (Å²) in [6, 6.07) is 0.593. The Labute approximate surface area is 92.7 Å². The summed E-state index contributed by atoms with van der Waals surface area (Å²) in [5.41, 5.74) is 5.50. The van der Waals surface area contributed by atoms with Gasteiger partial charge in [0.25, 0.3) is 0 Å². The maximum atomic E-state index is 11.6. The molecule has 0 amide bonds. The minimum absolute atomic E-state index is 0.265. The van der Waals surface area contributed by atoms with Gasteiger partial charge in [0.1, 0.15) is 0 Å². The average molecular weight is 234 g/mol. The second-order valence-electron chi connectivity index (χ2n) is 4.47. The molecule has 0 atom stereocenters. The van der Waals surface area contributed by atoms with Crippen LogP contribution in [0.3, 0.4) is 0 Å². The Kier molecular flexibility index (Phi) is 4.55. The minimum atomic E-state index is -2.90. The van der Waals surface area contributed by atoms with Crippen LogP contribution in [0.2, 0.25) is 0 Å². The molecule has 0 heterocycles. The van der Waals surface area contributed by atoms with Crippen LogP contribution >= 0.6 is 0 Å². The van der Waals surface area contributed by atoms with E-state index < -0.39 is 9.84 Å². The van der Waals surface area contributed by atoms with Gasteiger partial charge in [-0.25, -0.2) is 8.42 Å². The lowest BCUT2D eigenvalue weighted by Gasteiger charge is -2.21. The van der Waals surface area contributed by atoms with E-state index in [4.69, 9.17) is 5.73 Å². The van der Waals surface area contributed by atoms with Gasteiger partial charge in [-0.1, -0.05) is 0 Å². The molecule has 5 heteroatoms. The van der Waals surface area contributed by atoms with Crippen molar-refractivity contribution in [1.29, 1.82) is 0 Å². The van der Waals surface area contributed by atoms with Crippen molar-refractivity contribution >= 4 is 9.84 Å². The van der Waals surface area contributed by atoms with Crippen LogP contribution < -0.4 is 5.73 Å². The van der Waals surface area contributed by atoms with E-state index in [9.17, 15) is 8.42 Å². The topological polar surface area (TPSA) is 63.4 Å². The number of nitrogens with zero attached hydrogens (tertiary/aromatic N) is 1. The molecule has 1 rings (SSSR count). The van der Waals surface area contributed by atoms with E-state index in [0.29, 0.717) is 19.1 Å². The molecular weight excluding hydrogens is 212 g/mol. The zero-order valence-electron chi connectivity index (χ0n) is 9.65. The van der Waals surface area contributed by atoms with E-state index in [1.807, 2.05) is 0 Å². The van der Waals surface area contributed by atoms with Crippen molar-refractivity contribution < 1.29 is 8.42 Å². The van der Waals surface area contributed by atoms with Crippen molar-refractivity contribution in [3.05, 3.63) is 0 Å². The second-order valence-corrected chi connectivity index (χ2v) is 7.15. The maximum absolute atomic E-state index is 11.6. The Bertz CT molecular complexity index is 284. The molecule has 0 radical (unpaired) electrons. The zero-order valence-corrected chi connectivity index (χ0v) is 10.5. The first-order valence-corrected chi connectivity index (χ1v) is 7.34. The normalized spacial score (nSPS) is 17.7. The van der Waals surface area contributed by atoms with Gasteiger partial charge >= 0.3 is 0 Å². The van der Waals surface area contributed by atoms with Crippen molar-refractivity contribution in [2.24, 2.45) is 5.73 Å². The van der Waals surface area contributed by atoms with E-state index in [-0.39, 0.29) is 11.0 Å². The monoisotopic (exact) mass is 234 g/mol. The molecular formula is C10H22N2O2S. The molecule has 2 N–H and O–H groups in total. The lowest BCUT2D eigenvalue weighted by atomic mass is 10.4. The highest BCUT2D eigenvalue weighted by Gasteiger charge is 2.29. The van der Waals surface area contributed by atoms with Crippen LogP contribution in [0.1, 0.15) is 26.7 Å². The molecule has 0 aromatic rings. The summed E-state index contributed by atoms with van der Waals surface area (Å²) < 4.78 is 23.2. The van der Waals surface area contributed by atoms with E-state index in [1.165, 1.54) is 12.8 Å². The van der Waals surface area contributed by atoms with Gasteiger partial charge in [0.05, 0.1) is 11.0 Å². The van der Waals surface area contributed by atoms with Crippen LogP contribution in [0.5, 0.6) is 0 Å². The molecule has 0 spiro atoms. The van der Waals surface area contributed by atoms with Gasteiger partial charge in [-0.05, 0) is 26.7 Å². The van der Waals surface area contributed by atoms with Crippen LogP contribution in [0.25, 0.3) is 0 Å². The molecule has 0 bridgehead atoms. The Morgan fingerprint density at radius 1 is 1.33 bits per heavy atom. The third-order valence-electron chi connectivity index (χ3n) is 2.86. The van der Waals surface area contributed by atoms with E-state index >= 15 is 0 Å². The number of hydrogen-bond acceptors (Lipinski definition) is 4. The fourth-order valence-electron chi connectivity index (χ4n) is 1.56. The predicted octanol–water partition coefficient (Wildman–Crippen LogP) is 0.233. The first-order valence-electron chi connectivity index (χ1n) is 5.63. The van der Waals surface area contributed by atoms with Gasteiger partial charge in [0, 0.05) is 25.7 Å². The van der Waals surface area contributed by atoms with Crippen LogP contribution in [-0.2, 0) is 9.84 Å². The van der Waals surface area contributed by atoms with E-state index in [0.717, 1.165) is 6.54 Å². The van der Waals surface area contributed by atoms with Crippen LogP contribution in [0.15, 0.2) is 0 Å². The summed E-state index contributed by atoms with van der Waals surface area (Å²) in [5, 5.41) is -0.267. The van der Waals surface area contributed by atoms with Gasteiger partial charge in [0.15, 0.2) is 9.84 Å². The second kappa shape index (κ2) is 5.27. The Morgan fingerprint density at radius 2 is 1.93 bits per heavy atom. The summed E-state index contributed by atoms with van der Waals surface area (Å²) in [6.07, 6.45) is 2.39. The third kappa shape index (κ3) is 4.09. The van der Waals surface area contributed by atoms with Gasteiger partial charge < -0.3 is 5.73 Å². The number of nitrogens with two attached hydrogens (primary N) is 1. The molecule has 1 aliphatic rings. The Morgan fingerprint density at radius 3 is 2.33 bits per heavy atom. The van der Waals surface area contributed by atoms with Gasteiger partial charge in [0.2, 0.25) is 0 Å². The van der Waals surface area contributed by atoms with Crippen LogP contribution in [0.4, 0.5) is 0 Å². The van der Waals surface area contributed by atoms with Crippen molar-refractivity contribution in [3.63, 3.8) is 0 Å².